The van der Waals surface area contributed by atoms with Crippen LogP contribution in [0.1, 0.15) is 42.1 Å². The maximum Gasteiger partial charge on any atom is 0.260 e. The molecule has 1 aromatic carbocycles. The Morgan fingerprint density at radius 2 is 2.14 bits per heavy atom. The van der Waals surface area contributed by atoms with E-state index in [0.29, 0.717) is 25.2 Å². The first-order valence-corrected chi connectivity index (χ1v) is 10.3. The number of rotatable bonds is 4. The van der Waals surface area contributed by atoms with Crippen molar-refractivity contribution in [3.63, 3.8) is 0 Å². The van der Waals surface area contributed by atoms with Crippen LogP contribution >= 0.6 is 0 Å². The van der Waals surface area contributed by atoms with Gasteiger partial charge in [0, 0.05) is 25.2 Å². The Bertz CT molecular complexity index is 881. The summed E-state index contributed by atoms with van der Waals surface area (Å²) in [6.45, 7) is 5.19. The Labute approximate surface area is 170 Å². The number of hydrogen-bond donors (Lipinski definition) is 1. The molecule has 4 rings (SSSR count). The molecule has 2 aliphatic rings. The van der Waals surface area contributed by atoms with Gasteiger partial charge in [-0.05, 0) is 44.6 Å². The number of hydrogen-bond acceptors (Lipinski definition) is 3. The molecule has 0 bridgehead atoms. The van der Waals surface area contributed by atoms with E-state index < -0.39 is 12.5 Å². The summed E-state index contributed by atoms with van der Waals surface area (Å²) >= 11 is 0. The van der Waals surface area contributed by atoms with Crippen molar-refractivity contribution in [2.24, 2.45) is 5.92 Å². The van der Waals surface area contributed by atoms with Gasteiger partial charge in [0.2, 0.25) is 5.91 Å². The van der Waals surface area contributed by atoms with E-state index in [4.69, 9.17) is 0 Å². The summed E-state index contributed by atoms with van der Waals surface area (Å²) in [7, 11) is 0. The van der Waals surface area contributed by atoms with Crippen molar-refractivity contribution in [1.29, 1.82) is 0 Å². The Morgan fingerprint density at radius 1 is 1.31 bits per heavy atom. The van der Waals surface area contributed by atoms with E-state index in [1.54, 1.807) is 0 Å². The Hall–Kier alpha value is -2.44. The van der Waals surface area contributed by atoms with Crippen LogP contribution in [0.2, 0.25) is 0 Å². The van der Waals surface area contributed by atoms with Crippen LogP contribution in [0.4, 0.5) is 14.6 Å². The summed E-state index contributed by atoms with van der Waals surface area (Å²) in [6.07, 6.45) is 0.101. The number of nitrogens with one attached hydrogen (secondary N) is 1. The van der Waals surface area contributed by atoms with Crippen molar-refractivity contribution in [1.82, 2.24) is 14.7 Å². The number of anilines is 1. The van der Waals surface area contributed by atoms with Crippen LogP contribution in [0, 0.1) is 19.8 Å². The van der Waals surface area contributed by atoms with Gasteiger partial charge < -0.3 is 10.2 Å². The Morgan fingerprint density at radius 3 is 2.90 bits per heavy atom. The van der Waals surface area contributed by atoms with E-state index in [2.05, 4.69) is 10.4 Å². The van der Waals surface area contributed by atoms with Gasteiger partial charge in [0.05, 0.1) is 12.1 Å². The highest BCUT2D eigenvalue weighted by molar-refractivity contribution is 5.79. The van der Waals surface area contributed by atoms with Crippen molar-refractivity contribution in [2.45, 2.75) is 58.0 Å². The summed E-state index contributed by atoms with van der Waals surface area (Å²) in [5.41, 5.74) is 2.89. The molecule has 2 aromatic rings. The molecule has 156 valence electrons. The van der Waals surface area contributed by atoms with Crippen LogP contribution in [-0.2, 0) is 11.2 Å². The van der Waals surface area contributed by atoms with E-state index in [9.17, 15) is 13.6 Å². The molecule has 0 radical (unpaired) electrons. The SMILES string of the molecule is Cc1cccc(CC(=O)N2CCCC([C@@H]3C[C@H](C(F)F)n4nc(C)cc4N3)C2)c1. The minimum Gasteiger partial charge on any atom is -0.367 e. The molecule has 1 saturated heterocycles. The van der Waals surface area contributed by atoms with Crippen LogP contribution in [-0.4, -0.2) is 46.1 Å². The fraction of sp³-hybridized carbons (Fsp3) is 0.545. The third-order valence-electron chi connectivity index (χ3n) is 6.11. The van der Waals surface area contributed by atoms with Crippen molar-refractivity contribution in [2.75, 3.05) is 18.4 Å². The van der Waals surface area contributed by atoms with Crippen LogP contribution in [0.25, 0.3) is 0 Å². The molecule has 5 nitrogen and oxygen atoms in total. The van der Waals surface area contributed by atoms with Gasteiger partial charge in [-0.3, -0.25) is 4.79 Å². The first-order valence-electron chi connectivity index (χ1n) is 10.3. The maximum absolute atomic E-state index is 13.7. The number of carbonyl (C=O) groups is 1. The van der Waals surface area contributed by atoms with Crippen LogP contribution in [0.5, 0.6) is 0 Å². The van der Waals surface area contributed by atoms with Crippen LogP contribution in [0.15, 0.2) is 30.3 Å². The van der Waals surface area contributed by atoms with Gasteiger partial charge in [0.25, 0.3) is 6.43 Å². The molecule has 3 atom stereocenters. The summed E-state index contributed by atoms with van der Waals surface area (Å²) in [5.74, 6) is 0.935. The molecule has 0 spiro atoms. The van der Waals surface area contributed by atoms with E-state index in [1.165, 1.54) is 4.68 Å². The number of alkyl halides is 2. The van der Waals surface area contributed by atoms with E-state index >= 15 is 0 Å². The van der Waals surface area contributed by atoms with Gasteiger partial charge in [-0.25, -0.2) is 13.5 Å². The van der Waals surface area contributed by atoms with Gasteiger partial charge in [0.15, 0.2) is 0 Å². The average molecular weight is 402 g/mol. The molecule has 2 aliphatic heterocycles. The molecule has 1 fully saturated rings. The normalized spacial score (nSPS) is 24.3. The quantitative estimate of drug-likeness (QED) is 0.842. The van der Waals surface area contributed by atoms with Crippen molar-refractivity contribution >= 4 is 11.7 Å². The highest BCUT2D eigenvalue weighted by atomic mass is 19.3. The predicted octanol–water partition coefficient (Wildman–Crippen LogP) is 3.97. The Kier molecular flexibility index (Phi) is 5.56. The van der Waals surface area contributed by atoms with E-state index in [1.807, 2.05) is 49.1 Å². The lowest BCUT2D eigenvalue weighted by atomic mass is 9.85. The van der Waals surface area contributed by atoms with Gasteiger partial charge >= 0.3 is 0 Å². The number of nitrogens with zero attached hydrogens (tertiary/aromatic N) is 3. The molecule has 29 heavy (non-hydrogen) atoms. The van der Waals surface area contributed by atoms with Gasteiger partial charge in [-0.15, -0.1) is 0 Å². The number of aryl methyl sites for hydroxylation is 2. The van der Waals surface area contributed by atoms with Gasteiger partial charge in [-0.1, -0.05) is 29.8 Å². The zero-order valence-electron chi connectivity index (χ0n) is 16.9. The molecule has 0 saturated carbocycles. The lowest BCUT2D eigenvalue weighted by Gasteiger charge is -2.41. The number of halogens is 2. The summed E-state index contributed by atoms with van der Waals surface area (Å²) in [6, 6.07) is 8.84. The first kappa shape index (κ1) is 19.9. The minimum absolute atomic E-state index is 0.0767. The van der Waals surface area contributed by atoms with Crippen LogP contribution < -0.4 is 5.32 Å². The molecular weight excluding hydrogens is 374 g/mol. The Balaban J connectivity index is 1.45. The van der Waals surface area contributed by atoms with Crippen molar-refractivity contribution in [3.05, 3.63) is 47.2 Å². The average Bonchev–Trinajstić information content (AvgIpc) is 3.07. The lowest BCUT2D eigenvalue weighted by Crippen LogP contribution is -2.48. The number of fused-ring (bicyclic) bond motifs is 1. The smallest absolute Gasteiger partial charge is 0.260 e. The zero-order valence-corrected chi connectivity index (χ0v) is 16.9. The predicted molar refractivity (Wildman–Crippen MR) is 108 cm³/mol. The monoisotopic (exact) mass is 402 g/mol. The number of amides is 1. The summed E-state index contributed by atoms with van der Waals surface area (Å²) in [5, 5.41) is 7.66. The third kappa shape index (κ3) is 4.28. The second-order valence-electron chi connectivity index (χ2n) is 8.41. The summed E-state index contributed by atoms with van der Waals surface area (Å²) in [4.78, 5) is 14.8. The molecule has 1 unspecified atom stereocenters. The first-order chi connectivity index (χ1) is 13.9. The molecule has 3 heterocycles. The van der Waals surface area contributed by atoms with Gasteiger partial charge in [-0.2, -0.15) is 5.10 Å². The number of carbonyl (C=O) groups excluding carboxylic acids is 1. The highest BCUT2D eigenvalue weighted by Crippen LogP contribution is 2.36. The number of likely N-dealkylation sites (tertiary alicyclic amines) is 1. The van der Waals surface area contributed by atoms with E-state index in [0.717, 1.165) is 36.2 Å². The second kappa shape index (κ2) is 8.13. The number of benzene rings is 1. The van der Waals surface area contributed by atoms with Crippen molar-refractivity contribution in [3.8, 4) is 0 Å². The van der Waals surface area contributed by atoms with E-state index in [-0.39, 0.29) is 17.9 Å². The minimum atomic E-state index is -2.46. The highest BCUT2D eigenvalue weighted by Gasteiger charge is 2.38. The molecular formula is C22H28F2N4O. The molecule has 0 aliphatic carbocycles. The number of piperidine rings is 1. The second-order valence-corrected chi connectivity index (χ2v) is 8.41. The fourth-order valence-corrected chi connectivity index (χ4v) is 4.68. The topological polar surface area (TPSA) is 50.2 Å². The standard InChI is InChI=1S/C22H28F2N4O/c1-14-5-3-6-16(9-14)11-21(29)27-8-4-7-17(13-27)18-12-19(22(23)24)28-20(25-18)10-15(2)26-28/h3,5-6,9-10,17-19,22,25H,4,7-8,11-13H2,1-2H3/t17?,18-,19+/m0/s1. The van der Waals surface area contributed by atoms with Crippen LogP contribution in [0.3, 0.4) is 0 Å². The number of aromatic nitrogens is 2. The molecule has 1 aromatic heterocycles. The molecule has 7 heteroatoms. The molecule has 1 N–H and O–H groups in total. The molecule has 1 amide bonds. The summed E-state index contributed by atoms with van der Waals surface area (Å²) < 4.78 is 28.8. The van der Waals surface area contributed by atoms with Crippen molar-refractivity contribution < 1.29 is 13.6 Å². The zero-order chi connectivity index (χ0) is 20.5. The maximum atomic E-state index is 13.7. The lowest BCUT2D eigenvalue weighted by molar-refractivity contribution is -0.132. The fourth-order valence-electron chi connectivity index (χ4n) is 4.68. The third-order valence-corrected chi connectivity index (χ3v) is 6.11. The largest absolute Gasteiger partial charge is 0.367 e. The van der Waals surface area contributed by atoms with Gasteiger partial charge in [0.1, 0.15) is 11.9 Å².